The summed E-state index contributed by atoms with van der Waals surface area (Å²) in [5.74, 6) is -0.539. The van der Waals surface area contributed by atoms with Crippen molar-refractivity contribution in [1.29, 1.82) is 0 Å². The Morgan fingerprint density at radius 3 is 2.67 bits per heavy atom. The lowest BCUT2D eigenvalue weighted by atomic mass is 10.1. The number of nitrogens with zero attached hydrogens (tertiary/aromatic N) is 2. The Balaban J connectivity index is 1.90. The third kappa shape index (κ3) is 2.81. The summed E-state index contributed by atoms with van der Waals surface area (Å²) in [4.78, 5) is 19.2. The predicted octanol–water partition coefficient (Wildman–Crippen LogP) is 1.61. The molecule has 0 saturated carbocycles. The number of anilines is 1. The zero-order chi connectivity index (χ0) is 14.7. The average Bonchev–Trinajstić information content (AvgIpc) is 2.53. The molecule has 0 aliphatic rings. The molecule has 104 valence electrons. The average molecular weight is 278 g/mol. The highest BCUT2D eigenvalue weighted by molar-refractivity contribution is 5.95. The van der Waals surface area contributed by atoms with Gasteiger partial charge in [-0.05, 0) is 23.3 Å². The number of carbonyl (C=O) groups excluding carboxylic acids is 1. The number of fused-ring (bicyclic) bond motifs is 1. The number of hydrogen-bond donors (Lipinski definition) is 1. The highest BCUT2D eigenvalue weighted by atomic mass is 16.4. The lowest BCUT2D eigenvalue weighted by Gasteiger charge is -2.09. The molecule has 0 bridgehead atoms. The fourth-order valence-electron chi connectivity index (χ4n) is 2.11. The number of carbonyl (C=O) groups is 1. The van der Waals surface area contributed by atoms with Crippen LogP contribution in [-0.4, -0.2) is 15.9 Å². The van der Waals surface area contributed by atoms with Gasteiger partial charge in [0.1, 0.15) is 12.1 Å². The molecular formula is C16H12N3O2-. The van der Waals surface area contributed by atoms with Crippen molar-refractivity contribution in [2.24, 2.45) is 0 Å². The van der Waals surface area contributed by atoms with Crippen LogP contribution in [-0.2, 0) is 6.54 Å². The molecule has 0 atom stereocenters. The van der Waals surface area contributed by atoms with Gasteiger partial charge in [0.2, 0.25) is 0 Å². The highest BCUT2D eigenvalue weighted by Crippen LogP contribution is 2.20. The molecule has 0 spiro atoms. The number of aromatic carboxylic acids is 1. The van der Waals surface area contributed by atoms with Crippen LogP contribution in [0.4, 0.5) is 5.82 Å². The van der Waals surface area contributed by atoms with Gasteiger partial charge in [-0.1, -0.05) is 36.4 Å². The van der Waals surface area contributed by atoms with Crippen molar-refractivity contribution in [2.45, 2.75) is 6.54 Å². The quantitative estimate of drug-likeness (QED) is 0.784. The Kier molecular flexibility index (Phi) is 3.47. The Morgan fingerprint density at radius 1 is 1.10 bits per heavy atom. The van der Waals surface area contributed by atoms with E-state index in [9.17, 15) is 9.90 Å². The zero-order valence-corrected chi connectivity index (χ0v) is 11.1. The Morgan fingerprint density at radius 2 is 1.90 bits per heavy atom. The van der Waals surface area contributed by atoms with E-state index in [2.05, 4.69) is 15.3 Å². The topological polar surface area (TPSA) is 77.9 Å². The monoisotopic (exact) mass is 278 g/mol. The molecule has 1 N–H and O–H groups in total. The van der Waals surface area contributed by atoms with Gasteiger partial charge in [-0.15, -0.1) is 0 Å². The van der Waals surface area contributed by atoms with E-state index in [0.717, 1.165) is 10.9 Å². The van der Waals surface area contributed by atoms with E-state index in [-0.39, 0.29) is 5.56 Å². The molecule has 2 aromatic carbocycles. The first kappa shape index (κ1) is 13.1. The largest absolute Gasteiger partial charge is 0.545 e. The molecule has 5 nitrogen and oxygen atoms in total. The second-order valence-electron chi connectivity index (χ2n) is 4.58. The zero-order valence-electron chi connectivity index (χ0n) is 11.1. The maximum absolute atomic E-state index is 10.9. The summed E-state index contributed by atoms with van der Waals surface area (Å²) < 4.78 is 0. The summed E-state index contributed by atoms with van der Waals surface area (Å²) in [6.07, 6.45) is 1.41. The molecule has 0 amide bonds. The first-order valence-corrected chi connectivity index (χ1v) is 6.48. The second-order valence-corrected chi connectivity index (χ2v) is 4.58. The van der Waals surface area contributed by atoms with Crippen LogP contribution in [0.3, 0.4) is 0 Å². The summed E-state index contributed by atoms with van der Waals surface area (Å²) in [6, 6.07) is 14.6. The maximum atomic E-state index is 10.9. The predicted molar refractivity (Wildman–Crippen MR) is 77.6 cm³/mol. The van der Waals surface area contributed by atoms with Crippen LogP contribution in [0.15, 0.2) is 54.9 Å². The van der Waals surface area contributed by atoms with Crippen molar-refractivity contribution in [1.82, 2.24) is 9.97 Å². The molecule has 5 heteroatoms. The SMILES string of the molecule is O=C([O-])c1ccc2c(NCc3ccccc3)ncnc2c1. The van der Waals surface area contributed by atoms with Crippen molar-refractivity contribution in [3.8, 4) is 0 Å². The normalized spacial score (nSPS) is 10.5. The van der Waals surface area contributed by atoms with Crippen LogP contribution in [0, 0.1) is 0 Å². The molecule has 1 heterocycles. The molecule has 0 aliphatic heterocycles. The van der Waals surface area contributed by atoms with E-state index < -0.39 is 5.97 Å². The van der Waals surface area contributed by atoms with Crippen LogP contribution >= 0.6 is 0 Å². The Labute approximate surface area is 121 Å². The van der Waals surface area contributed by atoms with E-state index in [1.165, 1.54) is 18.5 Å². The lowest BCUT2D eigenvalue weighted by Crippen LogP contribution is -2.22. The third-order valence-corrected chi connectivity index (χ3v) is 3.17. The smallest absolute Gasteiger partial charge is 0.137 e. The molecule has 3 rings (SSSR count). The number of nitrogens with one attached hydrogen (secondary N) is 1. The van der Waals surface area contributed by atoms with Gasteiger partial charge < -0.3 is 15.2 Å². The molecule has 0 radical (unpaired) electrons. The minimum absolute atomic E-state index is 0.107. The van der Waals surface area contributed by atoms with Crippen molar-refractivity contribution < 1.29 is 9.90 Å². The van der Waals surface area contributed by atoms with Gasteiger partial charge in [0.05, 0.1) is 11.5 Å². The standard InChI is InChI=1S/C16H13N3O2/c20-16(21)12-6-7-13-14(8-12)18-10-19-15(13)17-9-11-4-2-1-3-5-11/h1-8,10H,9H2,(H,20,21)(H,17,18,19)/p-1. The number of hydrogen-bond acceptors (Lipinski definition) is 5. The molecule has 3 aromatic rings. The van der Waals surface area contributed by atoms with Crippen molar-refractivity contribution in [3.63, 3.8) is 0 Å². The maximum Gasteiger partial charge on any atom is 0.137 e. The molecule has 0 saturated heterocycles. The Bertz CT molecular complexity index is 788. The summed E-state index contributed by atoms with van der Waals surface area (Å²) in [6.45, 7) is 0.634. The fraction of sp³-hybridized carbons (Fsp3) is 0.0625. The molecule has 21 heavy (non-hydrogen) atoms. The molecule has 1 aromatic heterocycles. The van der Waals surface area contributed by atoms with E-state index in [1.807, 2.05) is 30.3 Å². The van der Waals surface area contributed by atoms with Crippen molar-refractivity contribution in [3.05, 3.63) is 66.0 Å². The summed E-state index contributed by atoms with van der Waals surface area (Å²) in [7, 11) is 0. The van der Waals surface area contributed by atoms with Gasteiger partial charge in [-0.25, -0.2) is 9.97 Å². The van der Waals surface area contributed by atoms with Crippen LogP contribution in [0.1, 0.15) is 15.9 Å². The number of aromatic nitrogens is 2. The second kappa shape index (κ2) is 5.58. The number of carboxylic acid groups (broad SMARTS) is 1. The van der Waals surface area contributed by atoms with Crippen molar-refractivity contribution >= 4 is 22.7 Å². The van der Waals surface area contributed by atoms with Crippen molar-refractivity contribution in [2.75, 3.05) is 5.32 Å². The van der Waals surface area contributed by atoms with Crippen LogP contribution in [0.5, 0.6) is 0 Å². The minimum atomic E-state index is -1.21. The molecule has 0 unspecified atom stereocenters. The van der Waals surface area contributed by atoms with Crippen LogP contribution < -0.4 is 10.4 Å². The Hall–Kier alpha value is -2.95. The van der Waals surface area contributed by atoms with Crippen LogP contribution in [0.2, 0.25) is 0 Å². The number of carboxylic acids is 1. The van der Waals surface area contributed by atoms with Gasteiger partial charge >= 0.3 is 0 Å². The summed E-state index contributed by atoms with van der Waals surface area (Å²) in [5.41, 5.74) is 1.81. The summed E-state index contributed by atoms with van der Waals surface area (Å²) >= 11 is 0. The first-order valence-electron chi connectivity index (χ1n) is 6.48. The lowest BCUT2D eigenvalue weighted by molar-refractivity contribution is -0.255. The number of rotatable bonds is 4. The van der Waals surface area contributed by atoms with E-state index in [4.69, 9.17) is 0 Å². The number of benzene rings is 2. The van der Waals surface area contributed by atoms with Gasteiger partial charge in [0.15, 0.2) is 0 Å². The molecular weight excluding hydrogens is 266 g/mol. The highest BCUT2D eigenvalue weighted by Gasteiger charge is 2.05. The van der Waals surface area contributed by atoms with Gasteiger partial charge in [-0.2, -0.15) is 0 Å². The summed E-state index contributed by atoms with van der Waals surface area (Å²) in [5, 5.41) is 14.9. The van der Waals surface area contributed by atoms with E-state index in [1.54, 1.807) is 6.07 Å². The van der Waals surface area contributed by atoms with Gasteiger partial charge in [0.25, 0.3) is 0 Å². The van der Waals surface area contributed by atoms with Gasteiger partial charge in [0, 0.05) is 11.9 Å². The first-order chi connectivity index (χ1) is 10.2. The molecule has 0 fully saturated rings. The fourth-order valence-corrected chi connectivity index (χ4v) is 2.11. The van der Waals surface area contributed by atoms with Crippen LogP contribution in [0.25, 0.3) is 10.9 Å². The van der Waals surface area contributed by atoms with Gasteiger partial charge in [-0.3, -0.25) is 0 Å². The molecule has 0 aliphatic carbocycles. The minimum Gasteiger partial charge on any atom is -0.545 e. The third-order valence-electron chi connectivity index (χ3n) is 3.17. The van der Waals surface area contributed by atoms with E-state index >= 15 is 0 Å². The van der Waals surface area contributed by atoms with E-state index in [0.29, 0.717) is 17.9 Å².